The lowest BCUT2D eigenvalue weighted by atomic mass is 9.93. The second kappa shape index (κ2) is 5.25. The summed E-state index contributed by atoms with van der Waals surface area (Å²) in [5.41, 5.74) is 6.95. The summed E-state index contributed by atoms with van der Waals surface area (Å²) in [7, 11) is 0. The molecule has 2 N–H and O–H groups in total. The monoisotopic (exact) mass is 240 g/mol. The molecule has 90 valence electrons. The average molecular weight is 240 g/mol. The van der Waals surface area contributed by atoms with Crippen LogP contribution in [-0.4, -0.2) is 18.1 Å². The predicted octanol–water partition coefficient (Wildman–Crippen LogP) is 2.69. The maximum atomic E-state index is 5.80. The van der Waals surface area contributed by atoms with Crippen molar-refractivity contribution in [2.24, 2.45) is 11.7 Å². The van der Waals surface area contributed by atoms with E-state index in [0.29, 0.717) is 18.4 Å². The van der Waals surface area contributed by atoms with Gasteiger partial charge in [0.25, 0.3) is 0 Å². The zero-order chi connectivity index (χ0) is 11.5. The van der Waals surface area contributed by atoms with Crippen LogP contribution in [0.5, 0.6) is 0 Å². The molecule has 0 aromatic carbocycles. The van der Waals surface area contributed by atoms with Gasteiger partial charge in [0.1, 0.15) is 11.1 Å². The molecule has 1 saturated heterocycles. The van der Waals surface area contributed by atoms with Crippen molar-refractivity contribution >= 4 is 11.3 Å². The minimum absolute atomic E-state index is 0.240. The first kappa shape index (κ1) is 12.0. The fraction of sp³-hybridized carbons (Fsp3) is 0.750. The molecule has 1 aromatic rings. The van der Waals surface area contributed by atoms with Crippen molar-refractivity contribution < 1.29 is 4.74 Å². The van der Waals surface area contributed by atoms with Crippen LogP contribution >= 0.6 is 11.3 Å². The number of hydrogen-bond donors (Lipinski definition) is 1. The first-order chi connectivity index (χ1) is 7.72. The Morgan fingerprint density at radius 2 is 2.44 bits per heavy atom. The summed E-state index contributed by atoms with van der Waals surface area (Å²) in [6.45, 7) is 5.95. The van der Waals surface area contributed by atoms with Crippen molar-refractivity contribution in [3.8, 4) is 0 Å². The van der Waals surface area contributed by atoms with Crippen molar-refractivity contribution in [3.05, 3.63) is 16.1 Å². The van der Waals surface area contributed by atoms with Crippen LogP contribution in [0, 0.1) is 5.92 Å². The minimum Gasteiger partial charge on any atom is -0.371 e. The van der Waals surface area contributed by atoms with Crippen LogP contribution in [-0.2, 0) is 4.74 Å². The van der Waals surface area contributed by atoms with Gasteiger partial charge in [-0.3, -0.25) is 0 Å². The lowest BCUT2D eigenvalue weighted by molar-refractivity contribution is 0.111. The van der Waals surface area contributed by atoms with Gasteiger partial charge in [-0.05, 0) is 18.8 Å². The smallest absolute Gasteiger partial charge is 0.122 e. The number of rotatable bonds is 4. The summed E-state index contributed by atoms with van der Waals surface area (Å²) in [6, 6.07) is 0. The topological polar surface area (TPSA) is 48.1 Å². The fourth-order valence-electron chi connectivity index (χ4n) is 2.13. The molecule has 3 nitrogen and oxygen atoms in total. The van der Waals surface area contributed by atoms with E-state index in [1.807, 2.05) is 0 Å². The van der Waals surface area contributed by atoms with E-state index in [9.17, 15) is 0 Å². The lowest BCUT2D eigenvalue weighted by Gasteiger charge is -2.16. The Labute approximate surface area is 101 Å². The second-order valence-corrected chi connectivity index (χ2v) is 5.59. The average Bonchev–Trinajstić information content (AvgIpc) is 2.86. The summed E-state index contributed by atoms with van der Waals surface area (Å²) in [6.07, 6.45) is 2.51. The second-order valence-electron chi connectivity index (χ2n) is 4.70. The molecule has 0 spiro atoms. The normalized spacial score (nSPS) is 22.9. The van der Waals surface area contributed by atoms with Crippen LogP contribution in [0.2, 0.25) is 0 Å². The highest BCUT2D eigenvalue weighted by Crippen LogP contribution is 2.33. The summed E-state index contributed by atoms with van der Waals surface area (Å²) >= 11 is 1.72. The van der Waals surface area contributed by atoms with Gasteiger partial charge in [0, 0.05) is 24.4 Å². The predicted molar refractivity (Wildman–Crippen MR) is 66.7 cm³/mol. The van der Waals surface area contributed by atoms with E-state index in [1.165, 1.54) is 0 Å². The minimum atomic E-state index is 0.240. The first-order valence-electron chi connectivity index (χ1n) is 5.99. The highest BCUT2D eigenvalue weighted by Gasteiger charge is 2.23. The Hall–Kier alpha value is -0.450. The number of thiazole rings is 1. The molecular weight excluding hydrogens is 220 g/mol. The van der Waals surface area contributed by atoms with Crippen LogP contribution in [0.25, 0.3) is 0 Å². The quantitative estimate of drug-likeness (QED) is 0.880. The van der Waals surface area contributed by atoms with Crippen molar-refractivity contribution in [1.29, 1.82) is 0 Å². The van der Waals surface area contributed by atoms with Crippen LogP contribution in [0.4, 0.5) is 0 Å². The third-order valence-electron chi connectivity index (χ3n) is 3.18. The zero-order valence-corrected chi connectivity index (χ0v) is 10.8. The maximum absolute atomic E-state index is 5.80. The summed E-state index contributed by atoms with van der Waals surface area (Å²) in [5.74, 6) is 0.927. The van der Waals surface area contributed by atoms with Crippen LogP contribution < -0.4 is 5.73 Å². The van der Waals surface area contributed by atoms with Gasteiger partial charge in [-0.15, -0.1) is 11.3 Å². The Balaban J connectivity index is 2.11. The van der Waals surface area contributed by atoms with Gasteiger partial charge in [0.2, 0.25) is 0 Å². The zero-order valence-electron chi connectivity index (χ0n) is 9.98. The van der Waals surface area contributed by atoms with Crippen LogP contribution in [0.1, 0.15) is 49.4 Å². The van der Waals surface area contributed by atoms with Gasteiger partial charge in [-0.1, -0.05) is 13.8 Å². The standard InChI is InChI=1S/C12H20N2OS/c1-8(2)9(6-13)10-7-16-12(14-10)11-4-3-5-15-11/h7-9,11H,3-6,13H2,1-2H3. The Kier molecular flexibility index (Phi) is 3.95. The van der Waals surface area contributed by atoms with Gasteiger partial charge >= 0.3 is 0 Å². The number of nitrogens with two attached hydrogens (primary N) is 1. The van der Waals surface area contributed by atoms with Gasteiger partial charge < -0.3 is 10.5 Å². The van der Waals surface area contributed by atoms with Crippen molar-refractivity contribution in [3.63, 3.8) is 0 Å². The number of hydrogen-bond acceptors (Lipinski definition) is 4. The molecule has 2 rings (SSSR count). The van der Waals surface area contributed by atoms with E-state index >= 15 is 0 Å². The molecule has 0 radical (unpaired) electrons. The van der Waals surface area contributed by atoms with E-state index in [2.05, 4.69) is 19.2 Å². The number of aromatic nitrogens is 1. The van der Waals surface area contributed by atoms with E-state index < -0.39 is 0 Å². The molecule has 0 bridgehead atoms. The molecule has 2 unspecified atom stereocenters. The summed E-state index contributed by atoms with van der Waals surface area (Å²) < 4.78 is 5.64. The van der Waals surface area contributed by atoms with Crippen LogP contribution in [0.15, 0.2) is 5.38 Å². The van der Waals surface area contributed by atoms with E-state index in [0.717, 1.165) is 30.2 Å². The third kappa shape index (κ3) is 2.44. The van der Waals surface area contributed by atoms with Gasteiger partial charge in [-0.2, -0.15) is 0 Å². The van der Waals surface area contributed by atoms with E-state index in [4.69, 9.17) is 15.5 Å². The van der Waals surface area contributed by atoms with E-state index in [-0.39, 0.29) is 6.10 Å². The maximum Gasteiger partial charge on any atom is 0.122 e. The molecule has 16 heavy (non-hydrogen) atoms. The summed E-state index contributed by atoms with van der Waals surface area (Å²) in [5, 5.41) is 3.28. The molecule has 0 saturated carbocycles. The largest absolute Gasteiger partial charge is 0.371 e. The molecule has 1 fully saturated rings. The van der Waals surface area contributed by atoms with Crippen LogP contribution in [0.3, 0.4) is 0 Å². The Morgan fingerprint density at radius 1 is 1.62 bits per heavy atom. The van der Waals surface area contributed by atoms with Gasteiger partial charge in [0.05, 0.1) is 5.69 Å². The van der Waals surface area contributed by atoms with Crippen molar-refractivity contribution in [2.45, 2.75) is 38.7 Å². The molecule has 1 aliphatic rings. The Morgan fingerprint density at radius 3 is 3.00 bits per heavy atom. The SMILES string of the molecule is CC(C)C(CN)c1csc(C2CCCO2)n1. The first-order valence-corrected chi connectivity index (χ1v) is 6.87. The summed E-state index contributed by atoms with van der Waals surface area (Å²) in [4.78, 5) is 4.70. The molecule has 2 atom stereocenters. The van der Waals surface area contributed by atoms with Gasteiger partial charge in [-0.25, -0.2) is 4.98 Å². The van der Waals surface area contributed by atoms with E-state index in [1.54, 1.807) is 11.3 Å². The third-order valence-corrected chi connectivity index (χ3v) is 4.14. The molecule has 1 aromatic heterocycles. The number of ether oxygens (including phenoxy) is 1. The molecule has 1 aliphatic heterocycles. The number of nitrogens with zero attached hydrogens (tertiary/aromatic N) is 1. The molecular formula is C12H20N2OS. The van der Waals surface area contributed by atoms with Crippen molar-refractivity contribution in [1.82, 2.24) is 4.98 Å². The molecule has 4 heteroatoms. The lowest BCUT2D eigenvalue weighted by Crippen LogP contribution is -2.18. The van der Waals surface area contributed by atoms with Crippen molar-refractivity contribution in [2.75, 3.05) is 13.2 Å². The van der Waals surface area contributed by atoms with Gasteiger partial charge in [0.15, 0.2) is 0 Å². The Bertz CT molecular complexity index is 332. The molecule has 0 aliphatic carbocycles. The molecule has 2 heterocycles. The fourth-order valence-corrected chi connectivity index (χ4v) is 3.09. The highest BCUT2D eigenvalue weighted by atomic mass is 32.1. The molecule has 0 amide bonds. The highest BCUT2D eigenvalue weighted by molar-refractivity contribution is 7.09.